The molecule has 0 fully saturated rings. The summed E-state index contributed by atoms with van der Waals surface area (Å²) in [5.74, 6) is -0.259. The first kappa shape index (κ1) is 23.3. The van der Waals surface area contributed by atoms with Crippen molar-refractivity contribution in [3.63, 3.8) is 0 Å². The predicted octanol–water partition coefficient (Wildman–Crippen LogP) is 3.96. The Labute approximate surface area is 199 Å². The number of hydrogen-bond acceptors (Lipinski definition) is 6. The smallest absolute Gasteiger partial charge is 0.331 e. The van der Waals surface area contributed by atoms with E-state index in [1.165, 1.54) is 35.9 Å². The van der Waals surface area contributed by atoms with Crippen molar-refractivity contribution >= 4 is 29.6 Å². The van der Waals surface area contributed by atoms with Gasteiger partial charge in [0.15, 0.2) is 17.6 Å². The fourth-order valence-electron chi connectivity index (χ4n) is 3.26. The minimum Gasteiger partial charge on any atom is -0.454 e. The topological polar surface area (TPSA) is 91.7 Å². The van der Waals surface area contributed by atoms with Crippen LogP contribution in [0.15, 0.2) is 48.5 Å². The van der Waals surface area contributed by atoms with E-state index < -0.39 is 18.0 Å². The van der Waals surface area contributed by atoms with Crippen molar-refractivity contribution in [2.24, 2.45) is 0 Å². The minimum absolute atomic E-state index is 0.170. The molecule has 1 amide bonds. The summed E-state index contributed by atoms with van der Waals surface area (Å²) in [6.45, 7) is 3.61. The number of carbonyl (C=O) groups is 2. The lowest BCUT2D eigenvalue weighted by Crippen LogP contribution is -2.35. The Balaban J connectivity index is 1.33. The number of aryl methyl sites for hydroxylation is 1. The number of hydrogen-bond donors (Lipinski definition) is 1. The van der Waals surface area contributed by atoms with Crippen LogP contribution in [0.2, 0.25) is 5.15 Å². The number of rotatable bonds is 7. The summed E-state index contributed by atoms with van der Waals surface area (Å²) in [5, 5.41) is 7.30. The zero-order chi connectivity index (χ0) is 24.2. The van der Waals surface area contributed by atoms with E-state index in [0.29, 0.717) is 28.4 Å². The van der Waals surface area contributed by atoms with Gasteiger partial charge < -0.3 is 19.5 Å². The minimum atomic E-state index is -1.01. The average Bonchev–Trinajstić information content (AvgIpc) is 3.40. The summed E-state index contributed by atoms with van der Waals surface area (Å²) in [6.07, 6.45) is 1.63. The SMILES string of the molecule is Cc1nn(-c2ccc(F)cc2)c(Cl)c1/C=C/C(=O)OC(C)C(=O)NCc1ccc2c(c1)OCO2. The van der Waals surface area contributed by atoms with Crippen LogP contribution in [0.3, 0.4) is 0 Å². The van der Waals surface area contributed by atoms with E-state index in [-0.39, 0.29) is 24.3 Å². The molecule has 34 heavy (non-hydrogen) atoms. The molecule has 1 aliphatic rings. The third-order valence-corrected chi connectivity index (χ3v) is 5.43. The van der Waals surface area contributed by atoms with E-state index >= 15 is 0 Å². The van der Waals surface area contributed by atoms with Crippen LogP contribution in [0, 0.1) is 12.7 Å². The highest BCUT2D eigenvalue weighted by atomic mass is 35.5. The standard InChI is InChI=1S/C24H21ClFN3O5/c1-14-19(23(25)29(28-14)18-6-4-17(26)5-7-18)8-10-22(30)34-15(2)24(31)27-12-16-3-9-20-21(11-16)33-13-32-20/h3-11,15H,12-13H2,1-2H3,(H,27,31)/b10-8+. The first-order chi connectivity index (χ1) is 16.3. The molecular formula is C24H21ClFN3O5. The number of aromatic nitrogens is 2. The molecule has 2 heterocycles. The largest absolute Gasteiger partial charge is 0.454 e. The summed E-state index contributed by atoms with van der Waals surface area (Å²) in [6, 6.07) is 11.0. The Morgan fingerprint density at radius 1 is 1.24 bits per heavy atom. The molecule has 176 valence electrons. The second-order valence-corrected chi connectivity index (χ2v) is 7.85. The molecule has 3 aromatic rings. The van der Waals surface area contributed by atoms with E-state index in [4.69, 9.17) is 25.8 Å². The van der Waals surface area contributed by atoms with Gasteiger partial charge in [0.2, 0.25) is 6.79 Å². The number of fused-ring (bicyclic) bond motifs is 1. The molecule has 0 saturated heterocycles. The summed E-state index contributed by atoms with van der Waals surface area (Å²) < 4.78 is 30.4. The van der Waals surface area contributed by atoms with Crippen molar-refractivity contribution in [1.29, 1.82) is 0 Å². The third-order valence-electron chi connectivity index (χ3n) is 5.07. The number of nitrogens with one attached hydrogen (secondary N) is 1. The maximum Gasteiger partial charge on any atom is 0.331 e. The molecule has 0 saturated carbocycles. The Kier molecular flexibility index (Phi) is 6.83. The van der Waals surface area contributed by atoms with E-state index in [2.05, 4.69) is 10.4 Å². The molecule has 1 atom stereocenters. The van der Waals surface area contributed by atoms with Crippen LogP contribution >= 0.6 is 11.6 Å². The molecule has 0 bridgehead atoms. The number of amides is 1. The van der Waals surface area contributed by atoms with E-state index in [1.54, 1.807) is 31.2 Å². The molecule has 0 radical (unpaired) electrons. The van der Waals surface area contributed by atoms with Crippen LogP contribution in [0.5, 0.6) is 11.5 Å². The molecule has 0 aliphatic carbocycles. The number of ether oxygens (including phenoxy) is 3. The van der Waals surface area contributed by atoms with Gasteiger partial charge in [0, 0.05) is 18.2 Å². The van der Waals surface area contributed by atoms with Crippen LogP contribution in [0.1, 0.15) is 23.7 Å². The van der Waals surface area contributed by atoms with Crippen molar-refractivity contribution in [3.8, 4) is 17.2 Å². The fraction of sp³-hybridized carbons (Fsp3) is 0.208. The zero-order valence-corrected chi connectivity index (χ0v) is 19.1. The van der Waals surface area contributed by atoms with Gasteiger partial charge in [-0.15, -0.1) is 0 Å². The van der Waals surface area contributed by atoms with Crippen molar-refractivity contribution in [2.45, 2.75) is 26.5 Å². The summed E-state index contributed by atoms with van der Waals surface area (Å²) in [4.78, 5) is 24.6. The summed E-state index contributed by atoms with van der Waals surface area (Å²) in [5.41, 5.74) is 2.46. The molecule has 8 nitrogen and oxygen atoms in total. The van der Waals surface area contributed by atoms with Gasteiger partial charge in [-0.25, -0.2) is 13.9 Å². The molecule has 2 aromatic carbocycles. The zero-order valence-electron chi connectivity index (χ0n) is 18.4. The Bertz CT molecular complexity index is 1260. The number of carbonyl (C=O) groups excluding carboxylic acids is 2. The molecule has 1 unspecified atom stereocenters. The van der Waals surface area contributed by atoms with E-state index in [1.807, 2.05) is 6.07 Å². The fourth-order valence-corrected chi connectivity index (χ4v) is 3.59. The number of nitrogens with zero attached hydrogens (tertiary/aromatic N) is 2. The molecular weight excluding hydrogens is 465 g/mol. The molecule has 1 aliphatic heterocycles. The number of esters is 1. The van der Waals surface area contributed by atoms with Crippen LogP contribution in [0.4, 0.5) is 4.39 Å². The molecule has 4 rings (SSSR count). The lowest BCUT2D eigenvalue weighted by molar-refractivity contribution is -0.150. The van der Waals surface area contributed by atoms with E-state index in [9.17, 15) is 14.0 Å². The maximum absolute atomic E-state index is 13.2. The molecule has 10 heteroatoms. The van der Waals surface area contributed by atoms with Crippen molar-refractivity contribution in [1.82, 2.24) is 15.1 Å². The summed E-state index contributed by atoms with van der Waals surface area (Å²) >= 11 is 6.40. The van der Waals surface area contributed by atoms with Gasteiger partial charge in [0.05, 0.1) is 11.4 Å². The number of halogens is 2. The third kappa shape index (κ3) is 5.20. The highest BCUT2D eigenvalue weighted by Gasteiger charge is 2.18. The quantitative estimate of drug-likeness (QED) is 0.402. The van der Waals surface area contributed by atoms with Gasteiger partial charge in [-0.1, -0.05) is 17.7 Å². The predicted molar refractivity (Wildman–Crippen MR) is 122 cm³/mol. The molecule has 1 N–H and O–H groups in total. The van der Waals surface area contributed by atoms with Gasteiger partial charge in [0.25, 0.3) is 5.91 Å². The Hall–Kier alpha value is -3.85. The number of benzene rings is 2. The normalized spacial score (nSPS) is 13.2. The Morgan fingerprint density at radius 3 is 2.74 bits per heavy atom. The van der Waals surface area contributed by atoms with E-state index in [0.717, 1.165) is 5.56 Å². The van der Waals surface area contributed by atoms with Gasteiger partial charge in [-0.3, -0.25) is 4.79 Å². The Morgan fingerprint density at radius 2 is 1.97 bits per heavy atom. The van der Waals surface area contributed by atoms with Crippen molar-refractivity contribution < 1.29 is 28.2 Å². The van der Waals surface area contributed by atoms with Gasteiger partial charge in [0.1, 0.15) is 11.0 Å². The van der Waals surface area contributed by atoms with Gasteiger partial charge in [-0.05, 0) is 61.9 Å². The monoisotopic (exact) mass is 485 g/mol. The molecule has 1 aromatic heterocycles. The first-order valence-electron chi connectivity index (χ1n) is 10.4. The highest BCUT2D eigenvalue weighted by molar-refractivity contribution is 6.31. The second kappa shape index (κ2) is 9.96. The average molecular weight is 486 g/mol. The second-order valence-electron chi connectivity index (χ2n) is 7.50. The van der Waals surface area contributed by atoms with Crippen LogP contribution < -0.4 is 14.8 Å². The first-order valence-corrected chi connectivity index (χ1v) is 10.8. The van der Waals surface area contributed by atoms with Crippen LogP contribution in [-0.2, 0) is 20.9 Å². The lowest BCUT2D eigenvalue weighted by atomic mass is 10.2. The summed E-state index contributed by atoms with van der Waals surface area (Å²) in [7, 11) is 0. The van der Waals surface area contributed by atoms with Crippen LogP contribution in [0.25, 0.3) is 11.8 Å². The maximum atomic E-state index is 13.2. The van der Waals surface area contributed by atoms with Gasteiger partial charge in [-0.2, -0.15) is 5.10 Å². The van der Waals surface area contributed by atoms with Crippen molar-refractivity contribution in [2.75, 3.05) is 6.79 Å². The van der Waals surface area contributed by atoms with Crippen LogP contribution in [-0.4, -0.2) is 34.6 Å². The lowest BCUT2D eigenvalue weighted by Gasteiger charge is -2.12. The molecule has 0 spiro atoms. The van der Waals surface area contributed by atoms with Crippen molar-refractivity contribution in [3.05, 3.63) is 76.3 Å². The highest BCUT2D eigenvalue weighted by Crippen LogP contribution is 2.32. The van der Waals surface area contributed by atoms with Gasteiger partial charge >= 0.3 is 5.97 Å².